The van der Waals surface area contributed by atoms with Crippen LogP contribution in [0.2, 0.25) is 18.5 Å². The fraction of sp³-hybridized carbons (Fsp3) is 1.00. The summed E-state index contributed by atoms with van der Waals surface area (Å²) in [4.78, 5) is 0. The third kappa shape index (κ3) is 2.79. The molecule has 2 heterocycles. The molecular formula is C13H26BP. The SMILES string of the molecule is CC1CCCB1CCP1C(C)CC[C@@H]1C. The summed E-state index contributed by atoms with van der Waals surface area (Å²) in [5.74, 6) is 1.04. The molecule has 0 aromatic heterocycles. The first-order valence-corrected chi connectivity index (χ1v) is 8.60. The number of hydrogen-bond acceptors (Lipinski definition) is 0. The van der Waals surface area contributed by atoms with Gasteiger partial charge in [-0.15, -0.1) is 7.92 Å². The smallest absolute Gasteiger partial charge is 0.102 e. The molecule has 2 rings (SSSR count). The lowest BCUT2D eigenvalue weighted by Gasteiger charge is -2.23. The van der Waals surface area contributed by atoms with Crippen LogP contribution in [-0.4, -0.2) is 24.2 Å². The molecule has 0 bridgehead atoms. The molecular weight excluding hydrogens is 198 g/mol. The van der Waals surface area contributed by atoms with E-state index in [1.165, 1.54) is 32.0 Å². The van der Waals surface area contributed by atoms with E-state index < -0.39 is 0 Å². The van der Waals surface area contributed by atoms with Crippen molar-refractivity contribution < 1.29 is 0 Å². The van der Waals surface area contributed by atoms with Gasteiger partial charge in [0.25, 0.3) is 0 Å². The topological polar surface area (TPSA) is 0 Å². The molecule has 86 valence electrons. The lowest BCUT2D eigenvalue weighted by Crippen LogP contribution is -2.14. The molecule has 4 atom stereocenters. The molecule has 15 heavy (non-hydrogen) atoms. The molecule has 0 spiro atoms. The van der Waals surface area contributed by atoms with E-state index >= 15 is 0 Å². The molecule has 2 fully saturated rings. The van der Waals surface area contributed by atoms with Crippen molar-refractivity contribution in [3.8, 4) is 0 Å². The van der Waals surface area contributed by atoms with Crippen LogP contribution in [0.4, 0.5) is 0 Å². The lowest BCUT2D eigenvalue weighted by atomic mass is 9.41. The van der Waals surface area contributed by atoms with E-state index in [1.54, 1.807) is 12.5 Å². The Hall–Kier alpha value is 0.495. The van der Waals surface area contributed by atoms with E-state index in [0.29, 0.717) is 7.92 Å². The van der Waals surface area contributed by atoms with Crippen molar-refractivity contribution in [2.75, 3.05) is 6.16 Å². The number of hydrogen-bond donors (Lipinski definition) is 0. The molecule has 3 unspecified atom stereocenters. The van der Waals surface area contributed by atoms with Crippen molar-refractivity contribution in [1.82, 2.24) is 0 Å². The molecule has 0 saturated carbocycles. The number of rotatable bonds is 3. The van der Waals surface area contributed by atoms with Crippen LogP contribution in [0.1, 0.15) is 46.5 Å². The van der Waals surface area contributed by atoms with Gasteiger partial charge in [-0.2, -0.15) is 0 Å². The third-order valence-corrected chi connectivity index (χ3v) is 8.49. The summed E-state index contributed by atoms with van der Waals surface area (Å²) >= 11 is 0. The second-order valence-electron chi connectivity index (χ2n) is 5.97. The maximum absolute atomic E-state index is 2.51. The Morgan fingerprint density at radius 1 is 1.07 bits per heavy atom. The zero-order chi connectivity index (χ0) is 10.8. The Kier molecular flexibility index (Phi) is 4.16. The summed E-state index contributed by atoms with van der Waals surface area (Å²) < 4.78 is 0. The molecule has 0 nitrogen and oxygen atoms in total. The van der Waals surface area contributed by atoms with Gasteiger partial charge in [0.1, 0.15) is 6.71 Å². The van der Waals surface area contributed by atoms with Crippen LogP contribution in [-0.2, 0) is 0 Å². The molecule has 0 aromatic carbocycles. The first kappa shape index (κ1) is 12.0. The Labute approximate surface area is 97.4 Å². The van der Waals surface area contributed by atoms with Gasteiger partial charge in [-0.3, -0.25) is 0 Å². The first-order chi connectivity index (χ1) is 7.18. The van der Waals surface area contributed by atoms with Crippen molar-refractivity contribution in [2.24, 2.45) is 0 Å². The van der Waals surface area contributed by atoms with Crippen LogP contribution in [0.25, 0.3) is 0 Å². The van der Waals surface area contributed by atoms with Crippen LogP contribution >= 0.6 is 7.92 Å². The highest BCUT2D eigenvalue weighted by atomic mass is 31.1. The van der Waals surface area contributed by atoms with E-state index in [9.17, 15) is 0 Å². The third-order valence-electron chi connectivity index (χ3n) is 4.93. The quantitative estimate of drug-likeness (QED) is 0.480. The van der Waals surface area contributed by atoms with Crippen molar-refractivity contribution in [3.05, 3.63) is 0 Å². The highest BCUT2D eigenvalue weighted by Gasteiger charge is 2.32. The summed E-state index contributed by atoms with van der Waals surface area (Å²) in [6.07, 6.45) is 10.7. The predicted molar refractivity (Wildman–Crippen MR) is 74.0 cm³/mol. The Morgan fingerprint density at radius 3 is 2.27 bits per heavy atom. The largest absolute Gasteiger partial charge is 0.143 e. The molecule has 0 aliphatic carbocycles. The molecule has 2 saturated heterocycles. The minimum Gasteiger partial charge on any atom is -0.102 e. The summed E-state index contributed by atoms with van der Waals surface area (Å²) in [6.45, 7) is 8.58. The van der Waals surface area contributed by atoms with Crippen LogP contribution < -0.4 is 0 Å². The Bertz CT molecular complexity index is 197. The molecule has 0 aromatic rings. The Morgan fingerprint density at radius 2 is 1.73 bits per heavy atom. The van der Waals surface area contributed by atoms with Gasteiger partial charge >= 0.3 is 0 Å². The molecule has 0 radical (unpaired) electrons. The maximum atomic E-state index is 2.51. The average molecular weight is 224 g/mol. The highest BCUT2D eigenvalue weighted by molar-refractivity contribution is 7.59. The van der Waals surface area contributed by atoms with E-state index in [2.05, 4.69) is 20.8 Å². The van der Waals surface area contributed by atoms with E-state index in [-0.39, 0.29) is 0 Å². The van der Waals surface area contributed by atoms with Crippen molar-refractivity contribution in [3.63, 3.8) is 0 Å². The van der Waals surface area contributed by atoms with Crippen LogP contribution in [0.5, 0.6) is 0 Å². The van der Waals surface area contributed by atoms with Gasteiger partial charge in [-0.1, -0.05) is 52.1 Å². The van der Waals surface area contributed by atoms with Gasteiger partial charge in [-0.25, -0.2) is 0 Å². The fourth-order valence-corrected chi connectivity index (χ4v) is 7.00. The normalized spacial score (nSPS) is 41.4. The summed E-state index contributed by atoms with van der Waals surface area (Å²) in [7, 11) is 0.397. The summed E-state index contributed by atoms with van der Waals surface area (Å²) in [5, 5.41) is 0. The van der Waals surface area contributed by atoms with Crippen LogP contribution in [0, 0.1) is 0 Å². The predicted octanol–water partition coefficient (Wildman–Crippen LogP) is 4.72. The summed E-state index contributed by atoms with van der Waals surface area (Å²) in [5.41, 5.74) is 2.15. The van der Waals surface area contributed by atoms with Crippen LogP contribution in [0.3, 0.4) is 0 Å². The lowest BCUT2D eigenvalue weighted by molar-refractivity contribution is 0.777. The van der Waals surface area contributed by atoms with Gasteiger partial charge in [0.2, 0.25) is 0 Å². The first-order valence-electron chi connectivity index (χ1n) is 6.94. The van der Waals surface area contributed by atoms with E-state index in [4.69, 9.17) is 0 Å². The van der Waals surface area contributed by atoms with Gasteiger partial charge < -0.3 is 0 Å². The van der Waals surface area contributed by atoms with Crippen molar-refractivity contribution in [1.29, 1.82) is 0 Å². The maximum Gasteiger partial charge on any atom is 0.143 e. The average Bonchev–Trinajstić information content (AvgIpc) is 2.73. The van der Waals surface area contributed by atoms with E-state index in [0.717, 1.165) is 23.8 Å². The monoisotopic (exact) mass is 224 g/mol. The Balaban J connectivity index is 1.77. The molecule has 0 amide bonds. The standard InChI is InChI=1S/C13H26BP/c1-11-5-4-8-14(11)9-10-15-12(2)6-7-13(15)3/h11-13H,4-10H2,1-3H3/t11?,12-,13?,15?/m0/s1. The minimum atomic E-state index is 0.397. The van der Waals surface area contributed by atoms with Crippen molar-refractivity contribution >= 4 is 14.6 Å². The van der Waals surface area contributed by atoms with Crippen LogP contribution in [0.15, 0.2) is 0 Å². The molecule has 0 N–H and O–H groups in total. The molecule has 2 heteroatoms. The fourth-order valence-electron chi connectivity index (χ4n) is 3.66. The van der Waals surface area contributed by atoms with Gasteiger partial charge in [0.05, 0.1) is 0 Å². The summed E-state index contributed by atoms with van der Waals surface area (Å²) in [6, 6.07) is 0. The zero-order valence-corrected chi connectivity index (χ0v) is 11.6. The minimum absolute atomic E-state index is 0.397. The van der Waals surface area contributed by atoms with Gasteiger partial charge in [0, 0.05) is 0 Å². The zero-order valence-electron chi connectivity index (χ0n) is 10.7. The van der Waals surface area contributed by atoms with E-state index in [1.807, 2.05) is 0 Å². The second kappa shape index (κ2) is 5.22. The molecule has 2 aliphatic heterocycles. The van der Waals surface area contributed by atoms with Crippen molar-refractivity contribution in [2.45, 2.75) is 76.2 Å². The van der Waals surface area contributed by atoms with Gasteiger partial charge in [0.15, 0.2) is 0 Å². The van der Waals surface area contributed by atoms with Gasteiger partial charge in [-0.05, 0) is 30.3 Å². The highest BCUT2D eigenvalue weighted by Crippen LogP contribution is 2.56. The second-order valence-corrected chi connectivity index (χ2v) is 9.21. The molecule has 2 aliphatic rings.